The van der Waals surface area contributed by atoms with E-state index in [1.54, 1.807) is 6.20 Å². The van der Waals surface area contributed by atoms with Crippen LogP contribution in [0.25, 0.3) is 0 Å². The van der Waals surface area contributed by atoms with Crippen LogP contribution in [-0.4, -0.2) is 45.0 Å². The zero-order chi connectivity index (χ0) is 14.6. The molecule has 1 saturated carbocycles. The number of amides is 1. The summed E-state index contributed by atoms with van der Waals surface area (Å²) in [7, 11) is 1.90. The number of aromatic nitrogens is 2. The molecule has 0 radical (unpaired) electrons. The van der Waals surface area contributed by atoms with Crippen molar-refractivity contribution in [3.05, 3.63) is 18.2 Å². The SMILES string of the molecule is Cn1ccnc1C(=O)N1[C@@H]2CN[C@@H]3CCCC[C@H]1[C@]3(C)C2. The molecule has 5 heteroatoms. The Balaban J connectivity index is 1.72. The minimum Gasteiger partial charge on any atom is -0.330 e. The summed E-state index contributed by atoms with van der Waals surface area (Å²) >= 11 is 0. The van der Waals surface area contributed by atoms with Gasteiger partial charge in [-0.2, -0.15) is 0 Å². The van der Waals surface area contributed by atoms with E-state index in [1.165, 1.54) is 19.3 Å². The number of piperidine rings is 1. The number of carbonyl (C=O) groups excluding carboxylic acids is 1. The van der Waals surface area contributed by atoms with Gasteiger partial charge in [-0.3, -0.25) is 4.79 Å². The predicted octanol–water partition coefficient (Wildman–Crippen LogP) is 1.56. The molecule has 1 N–H and O–H groups in total. The predicted molar refractivity (Wildman–Crippen MR) is 79.9 cm³/mol. The van der Waals surface area contributed by atoms with Crippen molar-refractivity contribution in [3.63, 3.8) is 0 Å². The Morgan fingerprint density at radius 3 is 3.00 bits per heavy atom. The van der Waals surface area contributed by atoms with Gasteiger partial charge in [0, 0.05) is 49.5 Å². The molecule has 2 saturated heterocycles. The third-order valence-electron chi connectivity index (χ3n) is 6.03. The Hall–Kier alpha value is -1.36. The molecule has 0 spiro atoms. The summed E-state index contributed by atoms with van der Waals surface area (Å²) in [6, 6.07) is 1.27. The lowest BCUT2D eigenvalue weighted by Crippen LogP contribution is -2.51. The lowest BCUT2D eigenvalue weighted by molar-refractivity contribution is 0.0612. The van der Waals surface area contributed by atoms with Gasteiger partial charge in [-0.25, -0.2) is 4.98 Å². The van der Waals surface area contributed by atoms with Crippen LogP contribution in [0, 0.1) is 5.41 Å². The molecule has 21 heavy (non-hydrogen) atoms. The van der Waals surface area contributed by atoms with Gasteiger partial charge >= 0.3 is 0 Å². The minimum absolute atomic E-state index is 0.116. The maximum absolute atomic E-state index is 13.0. The highest BCUT2D eigenvalue weighted by Gasteiger charge is 2.57. The van der Waals surface area contributed by atoms with E-state index in [9.17, 15) is 4.79 Å². The zero-order valence-corrected chi connectivity index (χ0v) is 12.9. The van der Waals surface area contributed by atoms with Crippen LogP contribution >= 0.6 is 0 Å². The van der Waals surface area contributed by atoms with Gasteiger partial charge in [-0.1, -0.05) is 19.8 Å². The summed E-state index contributed by atoms with van der Waals surface area (Å²) in [5.74, 6) is 0.692. The number of carbonyl (C=O) groups is 1. The monoisotopic (exact) mass is 288 g/mol. The standard InChI is InChI=1S/C16H24N4O/c1-16-9-11-10-18-12(16)5-3-4-6-13(16)20(11)15(21)14-17-7-8-19(14)2/h7-8,11-13,18H,3-6,9-10H2,1-2H3/t11-,12+,13-,16+/m0/s1. The maximum atomic E-state index is 13.0. The van der Waals surface area contributed by atoms with Crippen LogP contribution in [0.1, 0.15) is 49.6 Å². The molecule has 2 bridgehead atoms. The van der Waals surface area contributed by atoms with Crippen molar-refractivity contribution < 1.29 is 4.79 Å². The number of hydrogen-bond acceptors (Lipinski definition) is 3. The summed E-state index contributed by atoms with van der Waals surface area (Å²) in [6.07, 6.45) is 9.61. The summed E-state index contributed by atoms with van der Waals surface area (Å²) < 4.78 is 1.84. The van der Waals surface area contributed by atoms with E-state index < -0.39 is 0 Å². The second-order valence-electron chi connectivity index (χ2n) is 7.20. The largest absolute Gasteiger partial charge is 0.330 e. The maximum Gasteiger partial charge on any atom is 0.290 e. The first-order valence-corrected chi connectivity index (χ1v) is 8.14. The third kappa shape index (κ3) is 1.79. The second-order valence-corrected chi connectivity index (χ2v) is 7.20. The summed E-state index contributed by atoms with van der Waals surface area (Å²) in [4.78, 5) is 19.5. The molecule has 4 rings (SSSR count). The van der Waals surface area contributed by atoms with Crippen molar-refractivity contribution in [1.82, 2.24) is 19.8 Å². The van der Waals surface area contributed by atoms with Crippen LogP contribution in [0.15, 0.2) is 12.4 Å². The number of hydrogen-bond donors (Lipinski definition) is 1. The smallest absolute Gasteiger partial charge is 0.290 e. The van der Waals surface area contributed by atoms with E-state index in [1.807, 2.05) is 17.8 Å². The topological polar surface area (TPSA) is 50.2 Å². The average molecular weight is 288 g/mol. The fourth-order valence-electron chi connectivity index (χ4n) is 4.95. The molecular weight excluding hydrogens is 264 g/mol. The van der Waals surface area contributed by atoms with E-state index in [4.69, 9.17) is 0 Å². The first-order chi connectivity index (χ1) is 10.1. The average Bonchev–Trinajstić information content (AvgIpc) is 2.93. The Kier molecular flexibility index (Phi) is 2.89. The molecule has 3 fully saturated rings. The molecule has 1 aliphatic carbocycles. The van der Waals surface area contributed by atoms with E-state index in [-0.39, 0.29) is 11.3 Å². The Morgan fingerprint density at radius 1 is 1.43 bits per heavy atom. The summed E-state index contributed by atoms with van der Waals surface area (Å²) in [6.45, 7) is 3.32. The highest BCUT2D eigenvalue weighted by Crippen LogP contribution is 2.50. The van der Waals surface area contributed by atoms with E-state index in [2.05, 4.69) is 22.1 Å². The molecule has 3 aliphatic rings. The van der Waals surface area contributed by atoms with Crippen LogP contribution in [0.2, 0.25) is 0 Å². The van der Waals surface area contributed by atoms with Crippen molar-refractivity contribution in [2.75, 3.05) is 6.54 Å². The fourth-order valence-corrected chi connectivity index (χ4v) is 4.95. The molecule has 0 aromatic carbocycles. The first-order valence-electron chi connectivity index (χ1n) is 8.14. The van der Waals surface area contributed by atoms with Crippen LogP contribution in [-0.2, 0) is 7.05 Å². The van der Waals surface area contributed by atoms with E-state index in [0.717, 1.165) is 19.4 Å². The lowest BCUT2D eigenvalue weighted by atomic mass is 9.72. The van der Waals surface area contributed by atoms with Gasteiger partial charge < -0.3 is 14.8 Å². The van der Waals surface area contributed by atoms with Gasteiger partial charge in [0.05, 0.1) is 0 Å². The van der Waals surface area contributed by atoms with Crippen molar-refractivity contribution in [2.45, 2.75) is 57.2 Å². The third-order valence-corrected chi connectivity index (χ3v) is 6.03. The highest BCUT2D eigenvalue weighted by atomic mass is 16.2. The molecule has 3 heterocycles. The quantitative estimate of drug-likeness (QED) is 0.853. The molecule has 0 unspecified atom stereocenters. The number of likely N-dealkylation sites (tertiary alicyclic amines) is 1. The Morgan fingerprint density at radius 2 is 2.24 bits per heavy atom. The van der Waals surface area contributed by atoms with Gasteiger partial charge in [-0.05, 0) is 19.3 Å². The van der Waals surface area contributed by atoms with E-state index in [0.29, 0.717) is 23.9 Å². The number of nitrogens with zero attached hydrogens (tertiary/aromatic N) is 3. The van der Waals surface area contributed by atoms with Crippen LogP contribution < -0.4 is 5.32 Å². The van der Waals surface area contributed by atoms with Crippen LogP contribution in [0.4, 0.5) is 0 Å². The minimum atomic E-state index is 0.116. The second kappa shape index (κ2) is 4.57. The molecule has 5 nitrogen and oxygen atoms in total. The Labute approximate surface area is 125 Å². The highest BCUT2D eigenvalue weighted by molar-refractivity contribution is 5.91. The number of fused-ring (bicyclic) bond motifs is 1. The molecule has 2 aliphatic heterocycles. The molecule has 4 atom stereocenters. The van der Waals surface area contributed by atoms with Gasteiger partial charge in [0.2, 0.25) is 0 Å². The normalized spacial score (nSPS) is 38.4. The van der Waals surface area contributed by atoms with Gasteiger partial charge in [-0.15, -0.1) is 0 Å². The lowest BCUT2D eigenvalue weighted by Gasteiger charge is -2.39. The number of aryl methyl sites for hydroxylation is 1. The van der Waals surface area contributed by atoms with Gasteiger partial charge in [0.15, 0.2) is 5.82 Å². The van der Waals surface area contributed by atoms with Crippen molar-refractivity contribution >= 4 is 5.91 Å². The number of nitrogens with one attached hydrogen (secondary N) is 1. The van der Waals surface area contributed by atoms with Crippen LogP contribution in [0.3, 0.4) is 0 Å². The summed E-state index contributed by atoms with van der Waals surface area (Å²) in [5, 5.41) is 3.72. The van der Waals surface area contributed by atoms with Crippen molar-refractivity contribution in [2.24, 2.45) is 12.5 Å². The Bertz CT molecular complexity index is 568. The zero-order valence-electron chi connectivity index (χ0n) is 12.9. The van der Waals surface area contributed by atoms with Gasteiger partial charge in [0.25, 0.3) is 5.91 Å². The van der Waals surface area contributed by atoms with Gasteiger partial charge in [0.1, 0.15) is 0 Å². The van der Waals surface area contributed by atoms with Crippen molar-refractivity contribution in [1.29, 1.82) is 0 Å². The molecule has 1 amide bonds. The van der Waals surface area contributed by atoms with E-state index >= 15 is 0 Å². The summed E-state index contributed by atoms with van der Waals surface area (Å²) in [5.41, 5.74) is 0.236. The molecule has 114 valence electrons. The fraction of sp³-hybridized carbons (Fsp3) is 0.750. The molecule has 1 aromatic rings. The molecular formula is C16H24N4O. The first kappa shape index (κ1) is 13.3. The van der Waals surface area contributed by atoms with Crippen LogP contribution in [0.5, 0.6) is 0 Å². The number of imidazole rings is 1. The molecule has 1 aromatic heterocycles. The van der Waals surface area contributed by atoms with Crippen molar-refractivity contribution in [3.8, 4) is 0 Å². The number of rotatable bonds is 1.